The number of carbonyl (C=O) groups excluding carboxylic acids is 7. The van der Waals surface area contributed by atoms with Gasteiger partial charge >= 0.3 is 5.97 Å². The van der Waals surface area contributed by atoms with Crippen molar-refractivity contribution < 1.29 is 53.7 Å². The van der Waals surface area contributed by atoms with Crippen LogP contribution >= 0.6 is 0 Å². The predicted octanol–water partition coefficient (Wildman–Crippen LogP) is -3.63. The van der Waals surface area contributed by atoms with E-state index in [0.29, 0.717) is 12.0 Å². The summed E-state index contributed by atoms with van der Waals surface area (Å²) in [7, 11) is 0. The number of para-hydroxylation sites is 1. The number of carboxylic acid groups (broad SMARTS) is 1. The fourth-order valence-corrected chi connectivity index (χ4v) is 5.19. The molecule has 0 aliphatic rings. The van der Waals surface area contributed by atoms with E-state index in [2.05, 4.69) is 36.9 Å². The van der Waals surface area contributed by atoms with Gasteiger partial charge < -0.3 is 63.7 Å². The fourth-order valence-electron chi connectivity index (χ4n) is 5.19. The number of nitrogens with two attached hydrogens (primary N) is 2. The van der Waals surface area contributed by atoms with Crippen LogP contribution in [-0.2, 0) is 44.8 Å². The summed E-state index contributed by atoms with van der Waals surface area (Å²) in [5.74, 6) is -7.78. The van der Waals surface area contributed by atoms with Crippen LogP contribution < -0.4 is 43.4 Å². The minimum atomic E-state index is -1.59. The molecular weight excluding hydrogens is 710 g/mol. The zero-order valence-corrected chi connectivity index (χ0v) is 30.5. The van der Waals surface area contributed by atoms with E-state index in [0.717, 1.165) is 10.9 Å². The van der Waals surface area contributed by atoms with Crippen LogP contribution in [-0.4, -0.2) is 123 Å². The van der Waals surface area contributed by atoms with Gasteiger partial charge in [0.2, 0.25) is 41.4 Å². The summed E-state index contributed by atoms with van der Waals surface area (Å²) < 4.78 is 0. The number of aromatic nitrogens is 1. The maximum atomic E-state index is 13.5. The van der Waals surface area contributed by atoms with Crippen LogP contribution in [0.15, 0.2) is 30.5 Å². The van der Waals surface area contributed by atoms with E-state index in [-0.39, 0.29) is 19.3 Å². The van der Waals surface area contributed by atoms with Crippen molar-refractivity contribution in [3.8, 4) is 0 Å². The van der Waals surface area contributed by atoms with Crippen molar-refractivity contribution in [3.63, 3.8) is 0 Å². The van der Waals surface area contributed by atoms with Gasteiger partial charge in [-0.05, 0) is 37.8 Å². The number of aliphatic hydroxyl groups is 2. The number of carboxylic acids is 1. The van der Waals surface area contributed by atoms with E-state index in [1.54, 1.807) is 44.3 Å². The second-order valence-electron chi connectivity index (χ2n) is 13.0. The topological polar surface area (TPSA) is 337 Å². The molecule has 1 aromatic heterocycles. The smallest absolute Gasteiger partial charge is 0.326 e. The molecular formula is C34H51N9O11. The maximum Gasteiger partial charge on any atom is 0.326 e. The molecule has 14 N–H and O–H groups in total. The van der Waals surface area contributed by atoms with Crippen molar-refractivity contribution in [1.82, 2.24) is 36.9 Å². The van der Waals surface area contributed by atoms with Crippen LogP contribution in [0.5, 0.6) is 0 Å². The summed E-state index contributed by atoms with van der Waals surface area (Å²) in [6.45, 7) is 4.40. The van der Waals surface area contributed by atoms with Gasteiger partial charge in [0.15, 0.2) is 0 Å². The quantitative estimate of drug-likeness (QED) is 0.0553. The molecule has 0 saturated carbocycles. The Balaban J connectivity index is 2.15. The summed E-state index contributed by atoms with van der Waals surface area (Å²) in [5, 5.41) is 44.6. The van der Waals surface area contributed by atoms with E-state index in [1.165, 1.54) is 13.8 Å². The fraction of sp³-hybridized carbons (Fsp3) is 0.529. The molecule has 0 aliphatic carbocycles. The molecule has 8 atom stereocenters. The summed E-state index contributed by atoms with van der Waals surface area (Å²) >= 11 is 0. The molecule has 1 heterocycles. The first-order chi connectivity index (χ1) is 25.4. The normalized spacial score (nSPS) is 15.5. The summed E-state index contributed by atoms with van der Waals surface area (Å²) in [4.78, 5) is 103. The van der Waals surface area contributed by atoms with Gasteiger partial charge in [-0.15, -0.1) is 0 Å². The van der Waals surface area contributed by atoms with E-state index in [4.69, 9.17) is 11.5 Å². The number of amides is 7. The number of aliphatic carboxylic acids is 1. The average molecular weight is 762 g/mol. The number of hydrogen-bond acceptors (Lipinski definition) is 11. The largest absolute Gasteiger partial charge is 0.480 e. The standard InChI is InChI=1S/C34H51N9O11/c1-5-16(2)27(34(53)54)41-25(47)15-39-32(51)28(17(3)44)42-26(48)14-38-31(50)23(12-19-13-37-22-9-7-6-8-20(19)22)40-33(52)29(18(4)45)43-30(49)21(35)10-11-24(36)46/h6-9,13,16-18,21,23,27-29,37,44-45H,5,10-12,14-15,35H2,1-4H3,(H2,36,46)(H,38,50)(H,39,51)(H,40,52)(H,41,47)(H,42,48)(H,43,49)(H,53,54)/t16-,17+,18+,21-,23-,27-,28-,29-/m0/s1. The monoisotopic (exact) mass is 761 g/mol. The van der Waals surface area contributed by atoms with Gasteiger partial charge in [0.25, 0.3) is 0 Å². The lowest BCUT2D eigenvalue weighted by molar-refractivity contribution is -0.143. The predicted molar refractivity (Wildman–Crippen MR) is 193 cm³/mol. The third-order valence-corrected chi connectivity index (χ3v) is 8.56. The molecule has 2 rings (SSSR count). The number of rotatable bonds is 22. The van der Waals surface area contributed by atoms with Crippen molar-refractivity contribution >= 4 is 58.2 Å². The number of hydrogen-bond donors (Lipinski definition) is 12. The number of H-pyrrole nitrogens is 1. The number of aliphatic hydroxyl groups excluding tert-OH is 2. The molecule has 7 amide bonds. The van der Waals surface area contributed by atoms with Crippen LogP contribution in [0.3, 0.4) is 0 Å². The van der Waals surface area contributed by atoms with Crippen LogP contribution in [0.1, 0.15) is 52.5 Å². The molecule has 0 radical (unpaired) electrons. The second-order valence-corrected chi connectivity index (χ2v) is 13.0. The zero-order chi connectivity index (χ0) is 40.7. The summed E-state index contributed by atoms with van der Waals surface area (Å²) in [6.07, 6.45) is -1.30. The van der Waals surface area contributed by atoms with Gasteiger partial charge in [-0.3, -0.25) is 33.6 Å². The lowest BCUT2D eigenvalue weighted by atomic mass is 9.99. The van der Waals surface area contributed by atoms with Crippen LogP contribution in [0, 0.1) is 5.92 Å². The number of fused-ring (bicyclic) bond motifs is 1. The van der Waals surface area contributed by atoms with Gasteiger partial charge in [0.05, 0.1) is 31.3 Å². The van der Waals surface area contributed by atoms with E-state index >= 15 is 0 Å². The highest BCUT2D eigenvalue weighted by Gasteiger charge is 2.33. The Hall–Kier alpha value is -5.60. The summed E-state index contributed by atoms with van der Waals surface area (Å²) in [5.41, 5.74) is 12.2. The van der Waals surface area contributed by atoms with Crippen molar-refractivity contribution in [3.05, 3.63) is 36.0 Å². The first-order valence-electron chi connectivity index (χ1n) is 17.3. The number of benzene rings is 1. The molecule has 0 spiro atoms. The third-order valence-electron chi connectivity index (χ3n) is 8.56. The Morgan fingerprint density at radius 2 is 1.31 bits per heavy atom. The minimum absolute atomic E-state index is 0.123. The van der Waals surface area contributed by atoms with Crippen molar-refractivity contribution in [1.29, 1.82) is 0 Å². The van der Waals surface area contributed by atoms with E-state index in [1.807, 2.05) is 0 Å². The Morgan fingerprint density at radius 3 is 1.87 bits per heavy atom. The van der Waals surface area contributed by atoms with Gasteiger partial charge in [0.1, 0.15) is 24.2 Å². The lowest BCUT2D eigenvalue weighted by Crippen LogP contribution is -2.60. The van der Waals surface area contributed by atoms with Crippen LogP contribution in [0.4, 0.5) is 0 Å². The van der Waals surface area contributed by atoms with Crippen LogP contribution in [0.2, 0.25) is 0 Å². The molecule has 0 fully saturated rings. The van der Waals surface area contributed by atoms with Gasteiger partial charge in [0, 0.05) is 29.9 Å². The Kier molecular flexibility index (Phi) is 17.5. The molecule has 0 saturated heterocycles. The number of nitrogens with one attached hydrogen (secondary N) is 7. The molecule has 298 valence electrons. The highest BCUT2D eigenvalue weighted by molar-refractivity contribution is 5.96. The number of carbonyl (C=O) groups is 8. The van der Waals surface area contributed by atoms with Gasteiger partial charge in [-0.1, -0.05) is 38.5 Å². The first kappa shape index (κ1) is 44.6. The summed E-state index contributed by atoms with van der Waals surface area (Å²) in [6, 6.07) is 0.124. The number of primary amides is 1. The maximum absolute atomic E-state index is 13.5. The molecule has 20 nitrogen and oxygen atoms in total. The zero-order valence-electron chi connectivity index (χ0n) is 30.5. The third kappa shape index (κ3) is 13.7. The molecule has 0 unspecified atom stereocenters. The van der Waals surface area contributed by atoms with Crippen molar-refractivity contribution in [2.75, 3.05) is 13.1 Å². The average Bonchev–Trinajstić information content (AvgIpc) is 3.53. The molecule has 0 bridgehead atoms. The minimum Gasteiger partial charge on any atom is -0.480 e. The first-order valence-corrected chi connectivity index (χ1v) is 17.3. The van der Waals surface area contributed by atoms with Gasteiger partial charge in [-0.2, -0.15) is 0 Å². The molecule has 2 aromatic rings. The molecule has 1 aromatic carbocycles. The Bertz CT molecular complexity index is 1660. The Morgan fingerprint density at radius 1 is 0.759 bits per heavy atom. The Labute approximate surface area is 310 Å². The van der Waals surface area contributed by atoms with E-state index in [9.17, 15) is 53.7 Å². The van der Waals surface area contributed by atoms with E-state index < -0.39 is 109 Å². The second kappa shape index (κ2) is 21.2. The highest BCUT2D eigenvalue weighted by Crippen LogP contribution is 2.19. The van der Waals surface area contributed by atoms with Crippen molar-refractivity contribution in [2.45, 2.75) is 95.8 Å². The molecule has 20 heteroatoms. The molecule has 0 aliphatic heterocycles. The molecule has 54 heavy (non-hydrogen) atoms. The SMILES string of the molecule is CC[C@H](C)[C@H](NC(=O)CNC(=O)[C@@H](NC(=O)CNC(=O)[C@H](Cc1c[nH]c2ccccc12)NC(=O)[C@@H](NC(=O)[C@@H](N)CCC(N)=O)[C@@H](C)O)[C@@H](C)O)C(=O)O. The van der Waals surface area contributed by atoms with Crippen LogP contribution in [0.25, 0.3) is 10.9 Å². The number of aromatic amines is 1. The lowest BCUT2D eigenvalue weighted by Gasteiger charge is -2.26. The van der Waals surface area contributed by atoms with Gasteiger partial charge in [-0.25, -0.2) is 4.79 Å². The highest BCUT2D eigenvalue weighted by atomic mass is 16.4. The van der Waals surface area contributed by atoms with Crippen molar-refractivity contribution in [2.24, 2.45) is 17.4 Å².